The molecule has 0 aliphatic heterocycles. The number of rotatable bonds is 3. The molecule has 0 heterocycles. The zero-order valence-corrected chi connectivity index (χ0v) is 6.81. The van der Waals surface area contributed by atoms with Crippen LogP contribution in [0.2, 0.25) is 0 Å². The van der Waals surface area contributed by atoms with Gasteiger partial charge in [-0.05, 0) is 18.6 Å². The molecule has 0 spiro atoms. The molecule has 2 nitrogen and oxygen atoms in total. The van der Waals surface area contributed by atoms with E-state index in [-0.39, 0.29) is 0 Å². The van der Waals surface area contributed by atoms with E-state index in [2.05, 4.69) is 16.9 Å². The van der Waals surface area contributed by atoms with Crippen molar-refractivity contribution in [1.29, 1.82) is 0 Å². The van der Waals surface area contributed by atoms with Crippen LogP contribution in [0.5, 0.6) is 0 Å². The lowest BCUT2D eigenvalue weighted by atomic mass is 10.2. The van der Waals surface area contributed by atoms with Gasteiger partial charge in [0, 0.05) is 26.0 Å². The Morgan fingerprint density at radius 2 is 2.20 bits per heavy atom. The minimum Gasteiger partial charge on any atom is -0.388 e. The lowest BCUT2D eigenvalue weighted by Crippen LogP contribution is -2.06. The van der Waals surface area contributed by atoms with Crippen LogP contribution in [-0.2, 0) is 0 Å². The first-order chi connectivity index (χ1) is 4.72. The summed E-state index contributed by atoms with van der Waals surface area (Å²) in [5.41, 5.74) is 2.04. The molecule has 1 N–H and O–H groups in total. The third kappa shape index (κ3) is 3.07. The maximum atomic E-state index is 3.82. The van der Waals surface area contributed by atoms with E-state index in [4.69, 9.17) is 0 Å². The summed E-state index contributed by atoms with van der Waals surface area (Å²) in [6, 6.07) is 0. The van der Waals surface area contributed by atoms with Gasteiger partial charge < -0.3 is 5.32 Å². The molecule has 0 aliphatic rings. The molecule has 56 valence electrons. The number of allylic oxidation sites excluding steroid dienone is 2. The quantitative estimate of drug-likeness (QED) is 0.462. The van der Waals surface area contributed by atoms with E-state index in [9.17, 15) is 0 Å². The Balaban J connectivity index is 4.18. The summed E-state index contributed by atoms with van der Waals surface area (Å²) in [7, 11) is 3.60. The number of hydrogen-bond donors (Lipinski definition) is 1. The summed E-state index contributed by atoms with van der Waals surface area (Å²) in [4.78, 5) is 3.82. The van der Waals surface area contributed by atoms with Crippen LogP contribution < -0.4 is 5.32 Å². The highest BCUT2D eigenvalue weighted by Gasteiger charge is 1.89. The van der Waals surface area contributed by atoms with Gasteiger partial charge in [0.25, 0.3) is 0 Å². The highest BCUT2D eigenvalue weighted by atomic mass is 14.8. The van der Waals surface area contributed by atoms with Gasteiger partial charge in [-0.25, -0.2) is 0 Å². The highest BCUT2D eigenvalue weighted by molar-refractivity contribution is 5.73. The summed E-state index contributed by atoms with van der Waals surface area (Å²) in [6.07, 6.45) is 3.63. The van der Waals surface area contributed by atoms with Crippen molar-refractivity contribution >= 4 is 6.21 Å². The van der Waals surface area contributed by atoms with Crippen molar-refractivity contribution in [3.63, 3.8) is 0 Å². The Morgan fingerprint density at radius 3 is 2.50 bits per heavy atom. The second-order valence-electron chi connectivity index (χ2n) is 2.02. The van der Waals surface area contributed by atoms with Gasteiger partial charge >= 0.3 is 0 Å². The molecule has 0 atom stereocenters. The van der Waals surface area contributed by atoms with E-state index in [1.54, 1.807) is 13.3 Å². The number of likely N-dealkylation sites (N-methyl/N-ethyl adjacent to an activating group) is 1. The molecule has 0 rings (SSSR count). The van der Waals surface area contributed by atoms with Crippen molar-refractivity contribution in [2.24, 2.45) is 4.99 Å². The maximum absolute atomic E-state index is 3.82. The molecule has 0 aromatic rings. The fourth-order valence-corrected chi connectivity index (χ4v) is 0.588. The summed E-state index contributed by atoms with van der Waals surface area (Å²) in [5.74, 6) is 0. The predicted octanol–water partition coefficient (Wildman–Crippen LogP) is 1.37. The van der Waals surface area contributed by atoms with Crippen LogP contribution in [-0.4, -0.2) is 20.3 Å². The molecule has 0 saturated heterocycles. The van der Waals surface area contributed by atoms with Crippen molar-refractivity contribution in [3.05, 3.63) is 23.9 Å². The fraction of sp³-hybridized carbons (Fsp3) is 0.375. The normalized spacial score (nSPS) is 12.1. The lowest BCUT2D eigenvalue weighted by molar-refractivity contribution is 1.00. The zero-order valence-electron chi connectivity index (χ0n) is 6.81. The van der Waals surface area contributed by atoms with Crippen molar-refractivity contribution in [3.8, 4) is 0 Å². The van der Waals surface area contributed by atoms with E-state index in [0.29, 0.717) is 0 Å². The summed E-state index contributed by atoms with van der Waals surface area (Å²) in [5, 5.41) is 3.01. The van der Waals surface area contributed by atoms with Crippen molar-refractivity contribution in [2.75, 3.05) is 14.1 Å². The minimum absolute atomic E-state index is 1.02. The molecule has 0 bridgehead atoms. The second-order valence-corrected chi connectivity index (χ2v) is 2.02. The SMILES string of the molecule is C=C(C)/C(=C/C=NC)NC. The largest absolute Gasteiger partial charge is 0.388 e. The van der Waals surface area contributed by atoms with E-state index >= 15 is 0 Å². The van der Waals surface area contributed by atoms with E-state index in [1.807, 2.05) is 20.0 Å². The second kappa shape index (κ2) is 4.79. The van der Waals surface area contributed by atoms with Crippen LogP contribution in [0.4, 0.5) is 0 Å². The standard InChI is InChI=1S/C8H14N2/c1-7(2)8(10-4)5-6-9-3/h5-6,10H,1H2,2-4H3/b8-5-,9-6?. The third-order valence-electron chi connectivity index (χ3n) is 1.12. The van der Waals surface area contributed by atoms with Crippen LogP contribution in [0.15, 0.2) is 28.9 Å². The van der Waals surface area contributed by atoms with Gasteiger partial charge in [-0.3, -0.25) is 4.99 Å². The van der Waals surface area contributed by atoms with E-state index in [0.717, 1.165) is 11.3 Å². The van der Waals surface area contributed by atoms with Gasteiger partial charge in [-0.15, -0.1) is 0 Å². The zero-order chi connectivity index (χ0) is 7.98. The third-order valence-corrected chi connectivity index (χ3v) is 1.12. The van der Waals surface area contributed by atoms with Gasteiger partial charge in [0.1, 0.15) is 0 Å². The Bertz CT molecular complexity index is 166. The minimum atomic E-state index is 1.02. The van der Waals surface area contributed by atoms with Crippen molar-refractivity contribution in [2.45, 2.75) is 6.92 Å². The average molecular weight is 138 g/mol. The molecule has 0 amide bonds. The number of aliphatic imine (C=N–C) groups is 1. The van der Waals surface area contributed by atoms with Gasteiger partial charge in [0.2, 0.25) is 0 Å². The maximum Gasteiger partial charge on any atom is 0.0376 e. The Morgan fingerprint density at radius 1 is 1.60 bits per heavy atom. The average Bonchev–Trinajstić information content (AvgIpc) is 1.89. The molecule has 0 fully saturated rings. The monoisotopic (exact) mass is 138 g/mol. The van der Waals surface area contributed by atoms with Crippen LogP contribution in [0.1, 0.15) is 6.92 Å². The van der Waals surface area contributed by atoms with Crippen molar-refractivity contribution < 1.29 is 0 Å². The number of nitrogens with one attached hydrogen (secondary N) is 1. The molecule has 0 aromatic carbocycles. The van der Waals surface area contributed by atoms with E-state index < -0.39 is 0 Å². The Kier molecular flexibility index (Phi) is 4.29. The molecular formula is C8H14N2. The summed E-state index contributed by atoms with van der Waals surface area (Å²) in [6.45, 7) is 5.74. The van der Waals surface area contributed by atoms with Crippen molar-refractivity contribution in [1.82, 2.24) is 5.32 Å². The molecule has 2 heteroatoms. The van der Waals surface area contributed by atoms with E-state index in [1.165, 1.54) is 0 Å². The number of hydrogen-bond acceptors (Lipinski definition) is 2. The molecule has 0 aliphatic carbocycles. The summed E-state index contributed by atoms with van der Waals surface area (Å²) >= 11 is 0. The first-order valence-electron chi connectivity index (χ1n) is 3.18. The molecule has 0 radical (unpaired) electrons. The first kappa shape index (κ1) is 8.95. The molecule has 0 saturated carbocycles. The van der Waals surface area contributed by atoms with Crippen LogP contribution in [0, 0.1) is 0 Å². The molecule has 10 heavy (non-hydrogen) atoms. The van der Waals surface area contributed by atoms with Gasteiger partial charge in [-0.2, -0.15) is 0 Å². The van der Waals surface area contributed by atoms with Gasteiger partial charge in [-0.1, -0.05) is 6.58 Å². The summed E-state index contributed by atoms with van der Waals surface area (Å²) < 4.78 is 0. The molecule has 0 aromatic heterocycles. The fourth-order valence-electron chi connectivity index (χ4n) is 0.588. The lowest BCUT2D eigenvalue weighted by Gasteiger charge is -2.02. The smallest absolute Gasteiger partial charge is 0.0376 e. The van der Waals surface area contributed by atoms with Gasteiger partial charge in [0.15, 0.2) is 0 Å². The molecule has 0 unspecified atom stereocenters. The molecular weight excluding hydrogens is 124 g/mol. The number of nitrogens with zero attached hydrogens (tertiary/aromatic N) is 1. The van der Waals surface area contributed by atoms with Crippen LogP contribution in [0.3, 0.4) is 0 Å². The Labute approximate surface area is 62.4 Å². The predicted molar refractivity (Wildman–Crippen MR) is 46.4 cm³/mol. The van der Waals surface area contributed by atoms with Crippen LogP contribution >= 0.6 is 0 Å². The first-order valence-corrected chi connectivity index (χ1v) is 3.18. The van der Waals surface area contributed by atoms with Gasteiger partial charge in [0.05, 0.1) is 0 Å². The Hall–Kier alpha value is -1.05. The topological polar surface area (TPSA) is 24.4 Å². The van der Waals surface area contributed by atoms with Crippen LogP contribution in [0.25, 0.3) is 0 Å². The highest BCUT2D eigenvalue weighted by Crippen LogP contribution is 1.98.